The van der Waals surface area contributed by atoms with Gasteiger partial charge in [0, 0.05) is 10.6 Å². The van der Waals surface area contributed by atoms with Crippen LogP contribution < -0.4 is 0 Å². The summed E-state index contributed by atoms with van der Waals surface area (Å²) >= 11 is 12.0. The minimum Gasteiger partial charge on any atom is -0.459 e. The highest BCUT2D eigenvalue weighted by atomic mass is 35.5. The lowest BCUT2D eigenvalue weighted by Gasteiger charge is -2.12. The number of benzene rings is 1. The zero-order valence-corrected chi connectivity index (χ0v) is 13.9. The fraction of sp³-hybridized carbons (Fsp3) is 0.250. The molecule has 1 aliphatic heterocycles. The first-order valence-corrected chi connectivity index (χ1v) is 7.63. The summed E-state index contributed by atoms with van der Waals surface area (Å²) in [5.41, 5.74) is -0.484. The van der Waals surface area contributed by atoms with E-state index in [-0.39, 0.29) is 6.54 Å². The minimum absolute atomic E-state index is 0.0409. The Morgan fingerprint density at radius 3 is 2.48 bits per heavy atom. The number of amides is 1. The van der Waals surface area contributed by atoms with Crippen LogP contribution in [0.3, 0.4) is 0 Å². The van der Waals surface area contributed by atoms with E-state index in [9.17, 15) is 9.59 Å². The first-order valence-electron chi connectivity index (χ1n) is 6.87. The Morgan fingerprint density at radius 1 is 1.13 bits per heavy atom. The monoisotopic (exact) mass is 353 g/mol. The Morgan fingerprint density at radius 2 is 1.87 bits per heavy atom. The van der Waals surface area contributed by atoms with Crippen molar-refractivity contribution in [1.29, 1.82) is 0 Å². The van der Waals surface area contributed by atoms with Gasteiger partial charge in [-0.3, -0.25) is 4.79 Å². The maximum Gasteiger partial charge on any atom is 0.347 e. The zero-order chi connectivity index (χ0) is 16.8. The largest absolute Gasteiger partial charge is 0.459 e. The maximum atomic E-state index is 12.1. The van der Waals surface area contributed by atoms with Crippen molar-refractivity contribution in [2.75, 3.05) is 0 Å². The van der Waals surface area contributed by atoms with Crippen LogP contribution in [0, 0.1) is 5.41 Å². The van der Waals surface area contributed by atoms with Crippen molar-refractivity contribution in [1.82, 2.24) is 5.06 Å². The maximum absolute atomic E-state index is 12.1. The topological polar surface area (TPSA) is 59.8 Å². The van der Waals surface area contributed by atoms with Crippen LogP contribution in [-0.2, 0) is 21.0 Å². The fourth-order valence-electron chi connectivity index (χ4n) is 2.20. The number of carbonyl (C=O) groups is 2. The zero-order valence-electron chi connectivity index (χ0n) is 12.4. The van der Waals surface area contributed by atoms with E-state index in [0.717, 1.165) is 5.06 Å². The summed E-state index contributed by atoms with van der Waals surface area (Å²) in [5.74, 6) is 0.0452. The Kier molecular flexibility index (Phi) is 3.86. The molecule has 1 aromatic carbocycles. The van der Waals surface area contributed by atoms with Crippen LogP contribution in [0.5, 0.6) is 0 Å². The lowest BCUT2D eigenvalue weighted by Crippen LogP contribution is -2.31. The molecule has 0 unspecified atom stereocenters. The van der Waals surface area contributed by atoms with Gasteiger partial charge in [0.25, 0.3) is 5.91 Å². The highest BCUT2D eigenvalue weighted by molar-refractivity contribution is 6.36. The van der Waals surface area contributed by atoms with Gasteiger partial charge in [-0.05, 0) is 44.2 Å². The van der Waals surface area contributed by atoms with E-state index in [2.05, 4.69) is 0 Å². The third-order valence-corrected chi connectivity index (χ3v) is 4.17. The van der Waals surface area contributed by atoms with Crippen LogP contribution in [0.1, 0.15) is 19.6 Å². The number of hydrogen-bond donors (Lipinski definition) is 0. The molecule has 0 aliphatic carbocycles. The summed E-state index contributed by atoms with van der Waals surface area (Å²) < 4.78 is 5.69. The highest BCUT2D eigenvalue weighted by Crippen LogP contribution is 2.33. The van der Waals surface area contributed by atoms with Crippen molar-refractivity contribution >= 4 is 35.1 Å². The van der Waals surface area contributed by atoms with E-state index < -0.39 is 17.3 Å². The molecule has 2 heterocycles. The number of carbonyl (C=O) groups excluding carboxylic acids is 2. The van der Waals surface area contributed by atoms with Crippen molar-refractivity contribution < 1.29 is 18.8 Å². The predicted molar refractivity (Wildman–Crippen MR) is 84.6 cm³/mol. The number of halogens is 2. The number of nitrogens with zero attached hydrogens (tertiary/aromatic N) is 1. The molecule has 1 aromatic heterocycles. The van der Waals surface area contributed by atoms with Crippen LogP contribution in [-0.4, -0.2) is 16.9 Å². The van der Waals surface area contributed by atoms with Gasteiger partial charge in [-0.25, -0.2) is 4.79 Å². The number of hydrogen-bond acceptors (Lipinski definition) is 4. The summed E-state index contributed by atoms with van der Waals surface area (Å²) in [6, 6.07) is 8.51. The van der Waals surface area contributed by atoms with Gasteiger partial charge in [0.1, 0.15) is 23.5 Å². The molecule has 7 heteroatoms. The normalized spacial score (nSPS) is 16.8. The van der Waals surface area contributed by atoms with Crippen molar-refractivity contribution in [3.05, 3.63) is 46.1 Å². The molecule has 23 heavy (non-hydrogen) atoms. The molecular weight excluding hydrogens is 341 g/mol. The van der Waals surface area contributed by atoms with Crippen molar-refractivity contribution in [3.63, 3.8) is 0 Å². The van der Waals surface area contributed by atoms with Gasteiger partial charge >= 0.3 is 5.97 Å². The molecule has 0 atom stereocenters. The van der Waals surface area contributed by atoms with Crippen molar-refractivity contribution in [2.45, 2.75) is 20.4 Å². The second-order valence-electron chi connectivity index (χ2n) is 5.74. The third-order valence-electron chi connectivity index (χ3n) is 3.62. The lowest BCUT2D eigenvalue weighted by atomic mass is 9.94. The summed E-state index contributed by atoms with van der Waals surface area (Å²) in [4.78, 5) is 28.8. The van der Waals surface area contributed by atoms with E-state index in [0.29, 0.717) is 27.1 Å². The fourth-order valence-corrected chi connectivity index (χ4v) is 2.70. The molecule has 1 amide bonds. The average Bonchev–Trinajstić information content (AvgIpc) is 3.00. The number of rotatable bonds is 3. The average molecular weight is 354 g/mol. The summed E-state index contributed by atoms with van der Waals surface area (Å²) in [5, 5.41) is 2.00. The Bertz CT molecular complexity index is 797. The molecule has 1 fully saturated rings. The van der Waals surface area contributed by atoms with Crippen molar-refractivity contribution in [2.24, 2.45) is 5.41 Å². The van der Waals surface area contributed by atoms with E-state index in [1.165, 1.54) is 13.8 Å². The molecule has 0 saturated carbocycles. The molecule has 0 bridgehead atoms. The molecule has 0 spiro atoms. The Labute approximate surface area is 142 Å². The molecule has 5 nitrogen and oxygen atoms in total. The minimum atomic E-state index is -1.17. The molecule has 0 radical (unpaired) electrons. The Hall–Kier alpha value is -1.98. The molecule has 3 rings (SSSR count). The third kappa shape index (κ3) is 2.82. The van der Waals surface area contributed by atoms with Gasteiger partial charge in [0.2, 0.25) is 0 Å². The van der Waals surface area contributed by atoms with Gasteiger partial charge in [-0.1, -0.05) is 23.2 Å². The lowest BCUT2D eigenvalue weighted by molar-refractivity contribution is -0.181. The van der Waals surface area contributed by atoms with E-state index in [4.69, 9.17) is 32.5 Å². The summed E-state index contributed by atoms with van der Waals surface area (Å²) in [7, 11) is 0. The quantitative estimate of drug-likeness (QED) is 0.780. The van der Waals surface area contributed by atoms with Crippen LogP contribution in [0.4, 0.5) is 0 Å². The molecule has 0 N–H and O–H groups in total. The Balaban J connectivity index is 1.81. The van der Waals surface area contributed by atoms with Gasteiger partial charge in [-0.15, -0.1) is 0 Å². The first-order chi connectivity index (χ1) is 10.8. The van der Waals surface area contributed by atoms with Gasteiger partial charge in [-0.2, -0.15) is 5.06 Å². The highest BCUT2D eigenvalue weighted by Gasteiger charge is 2.49. The second-order valence-corrected chi connectivity index (χ2v) is 6.58. The second kappa shape index (κ2) is 5.58. The molecule has 1 aliphatic rings. The first kappa shape index (κ1) is 15.9. The van der Waals surface area contributed by atoms with Crippen LogP contribution >= 0.6 is 23.2 Å². The molecule has 1 saturated heterocycles. The number of hydroxylamine groups is 2. The summed E-state index contributed by atoms with van der Waals surface area (Å²) in [6.07, 6.45) is 0. The standard InChI is InChI=1S/C16H13Cl2NO4/c1-16(2)14(20)19(23-15(16)21)8-10-4-6-13(22-10)11-5-3-9(17)7-12(11)18/h3-7H,8H2,1-2H3. The van der Waals surface area contributed by atoms with E-state index in [1.807, 2.05) is 0 Å². The predicted octanol–water partition coefficient (Wildman–Crippen LogP) is 4.08. The summed E-state index contributed by atoms with van der Waals surface area (Å²) in [6.45, 7) is 3.09. The van der Waals surface area contributed by atoms with Gasteiger partial charge in [0.15, 0.2) is 0 Å². The van der Waals surface area contributed by atoms with Crippen LogP contribution in [0.25, 0.3) is 11.3 Å². The van der Waals surface area contributed by atoms with Crippen LogP contribution in [0.15, 0.2) is 34.7 Å². The van der Waals surface area contributed by atoms with E-state index in [1.54, 1.807) is 30.3 Å². The van der Waals surface area contributed by atoms with Gasteiger partial charge < -0.3 is 9.25 Å². The molecular formula is C16H13Cl2NO4. The van der Waals surface area contributed by atoms with E-state index >= 15 is 0 Å². The SMILES string of the molecule is CC1(C)C(=O)ON(Cc2ccc(-c3ccc(Cl)cc3Cl)o2)C1=O. The van der Waals surface area contributed by atoms with Gasteiger partial charge in [0.05, 0.1) is 5.02 Å². The van der Waals surface area contributed by atoms with Crippen molar-refractivity contribution in [3.8, 4) is 11.3 Å². The molecule has 120 valence electrons. The number of furan rings is 1. The smallest absolute Gasteiger partial charge is 0.347 e. The van der Waals surface area contributed by atoms with Crippen LogP contribution in [0.2, 0.25) is 10.0 Å². The molecule has 2 aromatic rings.